The maximum atomic E-state index is 12.5. The molecule has 1 aliphatic rings. The first kappa shape index (κ1) is 12.9. The zero-order valence-corrected chi connectivity index (χ0v) is 11.6. The summed E-state index contributed by atoms with van der Waals surface area (Å²) in [6.07, 6.45) is 3.40. The van der Waals surface area contributed by atoms with Crippen LogP contribution in [0.3, 0.4) is 0 Å². The number of para-hydroxylation sites is 1. The van der Waals surface area contributed by atoms with E-state index >= 15 is 0 Å². The van der Waals surface area contributed by atoms with Gasteiger partial charge in [0.1, 0.15) is 5.82 Å². The van der Waals surface area contributed by atoms with Gasteiger partial charge in [0.25, 0.3) is 5.91 Å². The summed E-state index contributed by atoms with van der Waals surface area (Å²) in [5.41, 5.74) is 1.56. The Bertz CT molecular complexity index is 635. The van der Waals surface area contributed by atoms with Crippen molar-refractivity contribution in [1.82, 2.24) is 10.3 Å². The summed E-state index contributed by atoms with van der Waals surface area (Å²) < 4.78 is 0. The first-order chi connectivity index (χ1) is 9.78. The van der Waals surface area contributed by atoms with E-state index < -0.39 is 0 Å². The van der Waals surface area contributed by atoms with Gasteiger partial charge < -0.3 is 10.6 Å². The Morgan fingerprint density at radius 2 is 2.15 bits per heavy atom. The number of benzene rings is 1. The molecule has 0 unspecified atom stereocenters. The van der Waals surface area contributed by atoms with E-state index in [0.717, 1.165) is 36.1 Å². The lowest BCUT2D eigenvalue weighted by Gasteiger charge is -2.26. The second kappa shape index (κ2) is 5.49. The molecule has 0 bridgehead atoms. The Balaban J connectivity index is 1.99. The summed E-state index contributed by atoms with van der Waals surface area (Å²) >= 11 is 0. The average molecular weight is 269 g/mol. The molecule has 0 saturated heterocycles. The molecule has 4 nitrogen and oxygen atoms in total. The lowest BCUT2D eigenvalue weighted by Crippen LogP contribution is -2.39. The van der Waals surface area contributed by atoms with Crippen molar-refractivity contribution in [2.45, 2.75) is 32.2 Å². The highest BCUT2D eigenvalue weighted by molar-refractivity contribution is 6.07. The zero-order chi connectivity index (χ0) is 13.9. The molecule has 1 amide bonds. The van der Waals surface area contributed by atoms with E-state index in [2.05, 4.69) is 15.6 Å². The number of nitrogens with one attached hydrogen (secondary N) is 2. The lowest BCUT2D eigenvalue weighted by molar-refractivity contribution is 0.0918. The van der Waals surface area contributed by atoms with Gasteiger partial charge in [-0.15, -0.1) is 0 Å². The van der Waals surface area contributed by atoms with E-state index in [1.165, 1.54) is 6.42 Å². The molecule has 0 atom stereocenters. The molecule has 1 fully saturated rings. The molecule has 104 valence electrons. The third-order valence-corrected chi connectivity index (χ3v) is 3.76. The molecule has 3 rings (SSSR count). The molecule has 1 aliphatic carbocycles. The molecule has 1 heterocycles. The van der Waals surface area contributed by atoms with Crippen LogP contribution in [0.15, 0.2) is 30.3 Å². The number of hydrogen-bond donors (Lipinski definition) is 2. The first-order valence-electron chi connectivity index (χ1n) is 7.22. The normalized spacial score (nSPS) is 14.8. The van der Waals surface area contributed by atoms with Crippen LogP contribution in [0.2, 0.25) is 0 Å². The highest BCUT2D eigenvalue weighted by Gasteiger charge is 2.21. The predicted octanol–water partition coefficient (Wildman–Crippen LogP) is 2.95. The molecular formula is C16H19N3O. The fourth-order valence-corrected chi connectivity index (χ4v) is 2.45. The number of pyridine rings is 1. The molecule has 1 aromatic carbocycles. The number of carbonyl (C=O) groups is 1. The van der Waals surface area contributed by atoms with Gasteiger partial charge in [0.05, 0.1) is 11.1 Å². The molecule has 20 heavy (non-hydrogen) atoms. The van der Waals surface area contributed by atoms with Crippen LogP contribution in [0, 0.1) is 0 Å². The van der Waals surface area contributed by atoms with Gasteiger partial charge in [-0.25, -0.2) is 4.98 Å². The van der Waals surface area contributed by atoms with Crippen molar-refractivity contribution < 1.29 is 4.79 Å². The summed E-state index contributed by atoms with van der Waals surface area (Å²) in [4.78, 5) is 17.0. The van der Waals surface area contributed by atoms with Crippen LogP contribution in [-0.2, 0) is 0 Å². The number of anilines is 1. The van der Waals surface area contributed by atoms with Gasteiger partial charge in [-0.05, 0) is 38.3 Å². The molecule has 1 saturated carbocycles. The van der Waals surface area contributed by atoms with Gasteiger partial charge in [-0.1, -0.05) is 18.2 Å². The van der Waals surface area contributed by atoms with Gasteiger partial charge in [0.2, 0.25) is 0 Å². The molecule has 2 N–H and O–H groups in total. The summed E-state index contributed by atoms with van der Waals surface area (Å²) in [7, 11) is 0. The molecule has 0 aliphatic heterocycles. The Morgan fingerprint density at radius 1 is 1.35 bits per heavy atom. The molecule has 0 spiro atoms. The first-order valence-corrected chi connectivity index (χ1v) is 7.22. The Kier molecular flexibility index (Phi) is 3.54. The van der Waals surface area contributed by atoms with E-state index in [1.807, 2.05) is 37.3 Å². The Morgan fingerprint density at radius 3 is 2.85 bits per heavy atom. The summed E-state index contributed by atoms with van der Waals surface area (Å²) in [5, 5.41) is 7.19. The van der Waals surface area contributed by atoms with Crippen molar-refractivity contribution in [2.24, 2.45) is 0 Å². The number of aromatic nitrogens is 1. The molecule has 0 radical (unpaired) electrons. The van der Waals surface area contributed by atoms with Crippen molar-refractivity contribution in [3.63, 3.8) is 0 Å². The quantitative estimate of drug-likeness (QED) is 0.897. The zero-order valence-electron chi connectivity index (χ0n) is 11.6. The SMILES string of the molecule is CCNc1cc(C(=O)NC2CCC2)c2ccccc2n1. The van der Waals surface area contributed by atoms with E-state index in [1.54, 1.807) is 0 Å². The van der Waals surface area contributed by atoms with Crippen molar-refractivity contribution in [1.29, 1.82) is 0 Å². The van der Waals surface area contributed by atoms with Crippen LogP contribution in [-0.4, -0.2) is 23.5 Å². The molecule has 2 aromatic rings. The molecule has 4 heteroatoms. The lowest BCUT2D eigenvalue weighted by atomic mass is 9.93. The number of fused-ring (bicyclic) bond motifs is 1. The number of rotatable bonds is 4. The minimum Gasteiger partial charge on any atom is -0.370 e. The van der Waals surface area contributed by atoms with Crippen LogP contribution >= 0.6 is 0 Å². The van der Waals surface area contributed by atoms with Crippen molar-refractivity contribution in [3.8, 4) is 0 Å². The highest BCUT2D eigenvalue weighted by atomic mass is 16.1. The van der Waals surface area contributed by atoms with E-state index in [0.29, 0.717) is 11.6 Å². The fourth-order valence-electron chi connectivity index (χ4n) is 2.45. The third kappa shape index (κ3) is 2.46. The summed E-state index contributed by atoms with van der Waals surface area (Å²) in [6, 6.07) is 9.97. The largest absolute Gasteiger partial charge is 0.370 e. The third-order valence-electron chi connectivity index (χ3n) is 3.76. The second-order valence-corrected chi connectivity index (χ2v) is 5.20. The molecule has 1 aromatic heterocycles. The Labute approximate surface area is 118 Å². The topological polar surface area (TPSA) is 54.0 Å². The van der Waals surface area contributed by atoms with Gasteiger partial charge >= 0.3 is 0 Å². The average Bonchev–Trinajstić information content (AvgIpc) is 2.42. The maximum Gasteiger partial charge on any atom is 0.252 e. The van der Waals surface area contributed by atoms with Crippen LogP contribution < -0.4 is 10.6 Å². The standard InChI is InChI=1S/C16H19N3O/c1-2-17-15-10-13(16(20)18-11-6-5-7-11)12-8-3-4-9-14(12)19-15/h3-4,8-11H,2,5-7H2,1H3,(H,17,19)(H,18,20). The van der Waals surface area contributed by atoms with Crippen molar-refractivity contribution >= 4 is 22.6 Å². The van der Waals surface area contributed by atoms with E-state index in [4.69, 9.17) is 0 Å². The van der Waals surface area contributed by atoms with Gasteiger partial charge in [0, 0.05) is 18.0 Å². The molecular weight excluding hydrogens is 250 g/mol. The van der Waals surface area contributed by atoms with Crippen LogP contribution in [0.4, 0.5) is 5.82 Å². The van der Waals surface area contributed by atoms with Gasteiger partial charge in [-0.3, -0.25) is 4.79 Å². The number of amides is 1. The minimum absolute atomic E-state index is 0.00690. The van der Waals surface area contributed by atoms with E-state index in [-0.39, 0.29) is 5.91 Å². The smallest absolute Gasteiger partial charge is 0.252 e. The second-order valence-electron chi connectivity index (χ2n) is 5.20. The predicted molar refractivity (Wildman–Crippen MR) is 81.0 cm³/mol. The maximum absolute atomic E-state index is 12.5. The highest BCUT2D eigenvalue weighted by Crippen LogP contribution is 2.23. The summed E-state index contributed by atoms with van der Waals surface area (Å²) in [5.74, 6) is 0.761. The van der Waals surface area contributed by atoms with Crippen molar-refractivity contribution in [3.05, 3.63) is 35.9 Å². The van der Waals surface area contributed by atoms with Crippen LogP contribution in [0.25, 0.3) is 10.9 Å². The number of hydrogen-bond acceptors (Lipinski definition) is 3. The van der Waals surface area contributed by atoms with Crippen LogP contribution in [0.1, 0.15) is 36.5 Å². The van der Waals surface area contributed by atoms with Gasteiger partial charge in [0.15, 0.2) is 0 Å². The number of nitrogens with zero attached hydrogens (tertiary/aromatic N) is 1. The summed E-state index contributed by atoms with van der Waals surface area (Å²) in [6.45, 7) is 2.81. The van der Waals surface area contributed by atoms with Crippen molar-refractivity contribution in [2.75, 3.05) is 11.9 Å². The van der Waals surface area contributed by atoms with Crippen LogP contribution in [0.5, 0.6) is 0 Å². The monoisotopic (exact) mass is 269 g/mol. The minimum atomic E-state index is 0.00690. The van der Waals surface area contributed by atoms with Gasteiger partial charge in [-0.2, -0.15) is 0 Å². The van der Waals surface area contributed by atoms with E-state index in [9.17, 15) is 4.79 Å². The number of carbonyl (C=O) groups excluding carboxylic acids is 1. The Hall–Kier alpha value is -2.10. The fraction of sp³-hybridized carbons (Fsp3) is 0.375.